The number of nitrogens with zero attached hydrogens (tertiary/aromatic N) is 2. The monoisotopic (exact) mass is 445 g/mol. The Kier molecular flexibility index (Phi) is 8.20. The van der Waals surface area contributed by atoms with Crippen LogP contribution in [0.2, 0.25) is 0 Å². The van der Waals surface area contributed by atoms with Gasteiger partial charge in [0.2, 0.25) is 15.9 Å². The van der Waals surface area contributed by atoms with Crippen molar-refractivity contribution in [2.75, 3.05) is 45.9 Å². The van der Waals surface area contributed by atoms with Gasteiger partial charge in [0.05, 0.1) is 24.7 Å². The largest absolute Gasteiger partial charge is 0.379 e. The van der Waals surface area contributed by atoms with Gasteiger partial charge in [0.25, 0.3) is 0 Å². The van der Waals surface area contributed by atoms with E-state index < -0.39 is 10.0 Å². The van der Waals surface area contributed by atoms with E-state index in [1.54, 1.807) is 19.1 Å². The van der Waals surface area contributed by atoms with Crippen LogP contribution in [0.5, 0.6) is 0 Å². The topological polar surface area (TPSA) is 79.0 Å². The zero-order valence-corrected chi connectivity index (χ0v) is 19.0. The zero-order valence-electron chi connectivity index (χ0n) is 18.2. The van der Waals surface area contributed by atoms with Crippen LogP contribution in [0, 0.1) is 13.8 Å². The van der Waals surface area contributed by atoms with Gasteiger partial charge in [-0.25, -0.2) is 8.42 Å². The number of nitrogens with one attached hydrogen (secondary N) is 1. The number of benzene rings is 2. The summed E-state index contributed by atoms with van der Waals surface area (Å²) in [5, 5.41) is 2.87. The Bertz CT molecular complexity index is 974. The lowest BCUT2D eigenvalue weighted by Crippen LogP contribution is -2.44. The molecule has 0 radical (unpaired) electrons. The number of morpholine rings is 1. The molecule has 0 bridgehead atoms. The predicted molar refractivity (Wildman–Crippen MR) is 120 cm³/mol. The molecule has 7 nitrogen and oxygen atoms in total. The standard InChI is InChI=1S/C23H31N3O4S/c1-19-8-9-20(2)22(16-19)31(28,29)26(17-21-6-4-3-5-7-21)18-23(27)24-10-11-25-12-14-30-15-13-25/h3-9,16H,10-15,17-18H2,1-2H3,(H,24,27). The molecule has 0 unspecified atom stereocenters. The minimum atomic E-state index is -3.85. The van der Waals surface area contributed by atoms with Crippen LogP contribution in [0.3, 0.4) is 0 Å². The third-order valence-corrected chi connectivity index (χ3v) is 7.27. The lowest BCUT2D eigenvalue weighted by Gasteiger charge is -2.27. The molecule has 1 aliphatic rings. The Hall–Kier alpha value is -2.26. The summed E-state index contributed by atoms with van der Waals surface area (Å²) in [7, 11) is -3.85. The molecule has 0 atom stereocenters. The Morgan fingerprint density at radius 2 is 1.81 bits per heavy atom. The second-order valence-electron chi connectivity index (χ2n) is 7.83. The van der Waals surface area contributed by atoms with Gasteiger partial charge in [-0.1, -0.05) is 42.5 Å². The molecule has 1 N–H and O–H groups in total. The van der Waals surface area contributed by atoms with Crippen molar-refractivity contribution in [2.45, 2.75) is 25.3 Å². The fourth-order valence-corrected chi connectivity index (χ4v) is 5.23. The first kappa shape index (κ1) is 23.4. The highest BCUT2D eigenvalue weighted by atomic mass is 32.2. The summed E-state index contributed by atoms with van der Waals surface area (Å²) in [6, 6.07) is 14.7. The van der Waals surface area contributed by atoms with Crippen molar-refractivity contribution in [1.29, 1.82) is 0 Å². The van der Waals surface area contributed by atoms with Gasteiger partial charge in [0, 0.05) is 32.7 Å². The average Bonchev–Trinajstić information content (AvgIpc) is 2.76. The van der Waals surface area contributed by atoms with Crippen molar-refractivity contribution in [2.24, 2.45) is 0 Å². The number of amides is 1. The Morgan fingerprint density at radius 1 is 1.10 bits per heavy atom. The van der Waals surface area contributed by atoms with Gasteiger partial charge in [0.15, 0.2) is 0 Å². The second kappa shape index (κ2) is 10.9. The van der Waals surface area contributed by atoms with Crippen molar-refractivity contribution in [3.05, 3.63) is 65.2 Å². The first-order valence-corrected chi connectivity index (χ1v) is 12.0. The molecular weight excluding hydrogens is 414 g/mol. The van der Waals surface area contributed by atoms with Gasteiger partial charge in [-0.2, -0.15) is 4.31 Å². The summed E-state index contributed by atoms with van der Waals surface area (Å²) >= 11 is 0. The maximum Gasteiger partial charge on any atom is 0.244 e. The molecule has 2 aromatic carbocycles. The molecule has 1 aliphatic heterocycles. The molecule has 31 heavy (non-hydrogen) atoms. The fourth-order valence-electron chi connectivity index (χ4n) is 3.53. The number of sulfonamides is 1. The second-order valence-corrected chi connectivity index (χ2v) is 9.74. The highest BCUT2D eigenvalue weighted by molar-refractivity contribution is 7.89. The number of ether oxygens (including phenoxy) is 1. The maximum absolute atomic E-state index is 13.5. The molecule has 168 valence electrons. The molecular formula is C23H31N3O4S. The van der Waals surface area contributed by atoms with E-state index in [-0.39, 0.29) is 23.9 Å². The van der Waals surface area contributed by atoms with Gasteiger partial charge in [-0.15, -0.1) is 0 Å². The Labute approximate surface area is 185 Å². The number of hydrogen-bond donors (Lipinski definition) is 1. The van der Waals surface area contributed by atoms with E-state index in [1.807, 2.05) is 43.3 Å². The summed E-state index contributed by atoms with van der Waals surface area (Å²) in [6.07, 6.45) is 0. The predicted octanol–water partition coefficient (Wildman–Crippen LogP) is 1.94. The molecule has 0 aromatic heterocycles. The number of carbonyl (C=O) groups excluding carboxylic acids is 1. The van der Waals surface area contributed by atoms with E-state index in [0.29, 0.717) is 25.3 Å². The van der Waals surface area contributed by atoms with Gasteiger partial charge in [-0.05, 0) is 36.6 Å². The molecule has 1 amide bonds. The fraction of sp³-hybridized carbons (Fsp3) is 0.435. The SMILES string of the molecule is Cc1ccc(C)c(S(=O)(=O)N(CC(=O)NCCN2CCOCC2)Cc2ccccc2)c1. The minimum Gasteiger partial charge on any atom is -0.379 e. The highest BCUT2D eigenvalue weighted by Crippen LogP contribution is 2.23. The summed E-state index contributed by atoms with van der Waals surface area (Å²) in [5.74, 6) is -0.307. The third kappa shape index (κ3) is 6.61. The third-order valence-electron chi connectivity index (χ3n) is 5.34. The van der Waals surface area contributed by atoms with Crippen LogP contribution in [0.15, 0.2) is 53.4 Å². The van der Waals surface area contributed by atoms with Crippen LogP contribution in [0.1, 0.15) is 16.7 Å². The lowest BCUT2D eigenvalue weighted by atomic mass is 10.2. The van der Waals surface area contributed by atoms with Crippen molar-refractivity contribution in [1.82, 2.24) is 14.5 Å². The molecule has 0 spiro atoms. The number of rotatable bonds is 9. The van der Waals surface area contributed by atoms with Crippen LogP contribution in [-0.4, -0.2) is 69.5 Å². The quantitative estimate of drug-likeness (QED) is 0.638. The van der Waals surface area contributed by atoms with Crippen LogP contribution >= 0.6 is 0 Å². The molecule has 1 heterocycles. The van der Waals surface area contributed by atoms with E-state index in [2.05, 4.69) is 10.2 Å². The first-order valence-electron chi connectivity index (χ1n) is 10.5. The summed E-state index contributed by atoms with van der Waals surface area (Å²) in [6.45, 7) is 7.82. The van der Waals surface area contributed by atoms with Crippen molar-refractivity contribution < 1.29 is 17.9 Å². The van der Waals surface area contributed by atoms with E-state index in [4.69, 9.17) is 4.74 Å². The maximum atomic E-state index is 13.5. The lowest BCUT2D eigenvalue weighted by molar-refractivity contribution is -0.121. The molecule has 0 aliphatic carbocycles. The molecule has 1 fully saturated rings. The summed E-state index contributed by atoms with van der Waals surface area (Å²) < 4.78 is 33.6. The van der Waals surface area contributed by atoms with E-state index in [0.717, 1.165) is 30.8 Å². The first-order chi connectivity index (χ1) is 14.9. The Morgan fingerprint density at radius 3 is 2.52 bits per heavy atom. The highest BCUT2D eigenvalue weighted by Gasteiger charge is 2.28. The minimum absolute atomic E-state index is 0.132. The zero-order chi connectivity index (χ0) is 22.3. The van der Waals surface area contributed by atoms with Gasteiger partial charge in [0.1, 0.15) is 0 Å². The van der Waals surface area contributed by atoms with Crippen molar-refractivity contribution in [3.63, 3.8) is 0 Å². The van der Waals surface area contributed by atoms with Crippen LogP contribution in [0.25, 0.3) is 0 Å². The number of hydrogen-bond acceptors (Lipinski definition) is 5. The van der Waals surface area contributed by atoms with Gasteiger partial charge < -0.3 is 10.1 Å². The van der Waals surface area contributed by atoms with Gasteiger partial charge >= 0.3 is 0 Å². The average molecular weight is 446 g/mol. The van der Waals surface area contributed by atoms with Gasteiger partial charge in [-0.3, -0.25) is 9.69 Å². The molecule has 8 heteroatoms. The van der Waals surface area contributed by atoms with Crippen molar-refractivity contribution >= 4 is 15.9 Å². The number of carbonyl (C=O) groups is 1. The molecule has 2 aromatic rings. The van der Waals surface area contributed by atoms with E-state index in [1.165, 1.54) is 4.31 Å². The van der Waals surface area contributed by atoms with Crippen LogP contribution in [0.4, 0.5) is 0 Å². The molecule has 3 rings (SSSR count). The van der Waals surface area contributed by atoms with Crippen molar-refractivity contribution in [3.8, 4) is 0 Å². The molecule has 0 saturated carbocycles. The Balaban J connectivity index is 1.73. The summed E-state index contributed by atoms with van der Waals surface area (Å²) in [5.41, 5.74) is 2.35. The normalized spacial score (nSPS) is 15.2. The number of aryl methyl sites for hydroxylation is 2. The van der Waals surface area contributed by atoms with Crippen LogP contribution < -0.4 is 5.32 Å². The smallest absolute Gasteiger partial charge is 0.244 e. The summed E-state index contributed by atoms with van der Waals surface area (Å²) in [4.78, 5) is 15.1. The van der Waals surface area contributed by atoms with E-state index in [9.17, 15) is 13.2 Å². The van der Waals surface area contributed by atoms with Crippen LogP contribution in [-0.2, 0) is 26.1 Å². The molecule has 1 saturated heterocycles. The van der Waals surface area contributed by atoms with E-state index >= 15 is 0 Å².